The summed E-state index contributed by atoms with van der Waals surface area (Å²) in [5, 5.41) is 17.2. The van der Waals surface area contributed by atoms with Gasteiger partial charge in [-0.25, -0.2) is 8.70 Å². The molecule has 1 heterocycles. The van der Waals surface area contributed by atoms with Gasteiger partial charge >= 0.3 is 0 Å². The van der Waals surface area contributed by atoms with E-state index in [0.29, 0.717) is 23.3 Å². The highest BCUT2D eigenvalue weighted by molar-refractivity contribution is 7.94. The smallest absolute Gasteiger partial charge is 0.249 e. The molecular formula is C28H38FN5O2S. The maximum Gasteiger partial charge on any atom is 0.249 e. The lowest BCUT2D eigenvalue weighted by Crippen LogP contribution is -2.37. The van der Waals surface area contributed by atoms with Crippen LogP contribution in [0.25, 0.3) is 0 Å². The van der Waals surface area contributed by atoms with Crippen LogP contribution in [0.3, 0.4) is 0 Å². The van der Waals surface area contributed by atoms with Crippen LogP contribution in [-0.4, -0.2) is 56.8 Å². The zero-order chi connectivity index (χ0) is 27.1. The number of carbonyl (C=O) groups excluding carboxylic acids is 1. The molecule has 0 radical (unpaired) electrons. The molecule has 0 spiro atoms. The number of halogens is 1. The number of hydrazone groups is 1. The Labute approximate surface area is 224 Å². The van der Waals surface area contributed by atoms with E-state index in [2.05, 4.69) is 42.1 Å². The van der Waals surface area contributed by atoms with Gasteiger partial charge in [0.15, 0.2) is 0 Å². The number of amides is 1. The number of hydrogen-bond donors (Lipinski definition) is 2. The van der Waals surface area contributed by atoms with E-state index in [9.17, 15) is 14.4 Å². The molecule has 0 bridgehead atoms. The van der Waals surface area contributed by atoms with Crippen molar-refractivity contribution < 1.29 is 14.4 Å². The molecule has 3 aliphatic rings. The van der Waals surface area contributed by atoms with Crippen molar-refractivity contribution in [3.63, 3.8) is 0 Å². The number of allylic oxidation sites excluding steroid dienone is 5. The fraction of sp³-hybridized carbons (Fsp3) is 0.429. The van der Waals surface area contributed by atoms with Gasteiger partial charge in [0, 0.05) is 42.9 Å². The second-order valence-corrected chi connectivity index (χ2v) is 10.5. The van der Waals surface area contributed by atoms with Crippen molar-refractivity contribution in [3.8, 4) is 0 Å². The first-order valence-electron chi connectivity index (χ1n) is 12.6. The summed E-state index contributed by atoms with van der Waals surface area (Å²) in [4.78, 5) is 11.7. The van der Waals surface area contributed by atoms with Crippen LogP contribution in [0, 0.1) is 17.8 Å². The van der Waals surface area contributed by atoms with Gasteiger partial charge in [-0.2, -0.15) is 5.10 Å². The largest absolute Gasteiger partial charge is 0.366 e. The number of hydroxylamine groups is 1. The van der Waals surface area contributed by atoms with Gasteiger partial charge in [-0.1, -0.05) is 56.5 Å². The Hall–Kier alpha value is -2.72. The van der Waals surface area contributed by atoms with Crippen molar-refractivity contribution in [1.29, 1.82) is 0 Å². The van der Waals surface area contributed by atoms with Gasteiger partial charge in [-0.05, 0) is 55.7 Å². The predicted molar refractivity (Wildman–Crippen MR) is 150 cm³/mol. The quantitative estimate of drug-likeness (QED) is 0.111. The standard InChI is InChI=1S/C28H38FN5O2S/c1-6-20(25(8-3)28(30)35)18-33(36)37-32(9-4)17-22-12-11-21-15-27-23(14-26(21)22)16-31-34(27)24(7-2)13-10-19(5)29/h6-8,10,13,15-16,22-23,26-27,36H,1,3,5,9,11-12,14,17-18H2,2,4H3,(H2,30,35)/b13-10-,24-7+,25-20+. The lowest BCUT2D eigenvalue weighted by Gasteiger charge is -2.35. The van der Waals surface area contributed by atoms with Crippen molar-refractivity contribution in [3.05, 3.63) is 84.4 Å². The number of rotatable bonds is 13. The van der Waals surface area contributed by atoms with Gasteiger partial charge in [0.05, 0.1) is 18.3 Å². The number of carbonyl (C=O) groups is 1. The van der Waals surface area contributed by atoms with Crippen LogP contribution in [0.5, 0.6) is 0 Å². The zero-order valence-electron chi connectivity index (χ0n) is 21.7. The van der Waals surface area contributed by atoms with Crippen molar-refractivity contribution in [1.82, 2.24) is 13.8 Å². The first kappa shape index (κ1) is 28.8. The maximum atomic E-state index is 13.2. The van der Waals surface area contributed by atoms with E-state index in [4.69, 9.17) is 5.73 Å². The van der Waals surface area contributed by atoms with Gasteiger partial charge < -0.3 is 10.9 Å². The Morgan fingerprint density at radius 2 is 2.14 bits per heavy atom. The van der Waals surface area contributed by atoms with Gasteiger partial charge in [0.2, 0.25) is 5.91 Å². The minimum absolute atomic E-state index is 0.0989. The highest BCUT2D eigenvalue weighted by Gasteiger charge is 2.43. The van der Waals surface area contributed by atoms with Crippen LogP contribution < -0.4 is 5.73 Å². The van der Waals surface area contributed by atoms with Crippen LogP contribution >= 0.6 is 12.1 Å². The van der Waals surface area contributed by atoms with Crippen molar-refractivity contribution in [2.75, 3.05) is 19.6 Å². The molecule has 9 heteroatoms. The molecule has 1 aliphatic heterocycles. The van der Waals surface area contributed by atoms with Crippen molar-refractivity contribution in [2.45, 2.75) is 39.2 Å². The normalized spacial score (nSPS) is 25.8. The summed E-state index contributed by atoms with van der Waals surface area (Å²) in [7, 11) is 0. The summed E-state index contributed by atoms with van der Waals surface area (Å²) in [6.07, 6.45) is 15.5. The molecule has 1 amide bonds. The topological polar surface area (TPSA) is 85.4 Å². The molecule has 0 aromatic heterocycles. The summed E-state index contributed by atoms with van der Waals surface area (Å²) < 4.78 is 16.4. The first-order chi connectivity index (χ1) is 17.7. The van der Waals surface area contributed by atoms with E-state index in [0.717, 1.165) is 42.5 Å². The predicted octanol–water partition coefficient (Wildman–Crippen LogP) is 5.30. The van der Waals surface area contributed by atoms with Gasteiger partial charge in [0.25, 0.3) is 0 Å². The lowest BCUT2D eigenvalue weighted by atomic mass is 9.77. The Bertz CT molecular complexity index is 1060. The average Bonchev–Trinajstić information content (AvgIpc) is 3.45. The summed E-state index contributed by atoms with van der Waals surface area (Å²) in [5.41, 5.74) is 8.51. The van der Waals surface area contributed by atoms with E-state index >= 15 is 0 Å². The van der Waals surface area contributed by atoms with Gasteiger partial charge in [-0.15, -0.1) is 4.47 Å². The molecule has 3 rings (SSSR count). The molecule has 0 aromatic rings. The third-order valence-corrected chi connectivity index (χ3v) is 8.18. The van der Waals surface area contributed by atoms with Crippen molar-refractivity contribution in [2.24, 2.45) is 28.6 Å². The molecule has 4 atom stereocenters. The van der Waals surface area contributed by atoms with Gasteiger partial charge in [-0.3, -0.25) is 9.80 Å². The number of hydrogen-bond acceptors (Lipinski definition) is 7. The fourth-order valence-electron chi connectivity index (χ4n) is 5.38. The van der Waals surface area contributed by atoms with E-state index in [-0.39, 0.29) is 18.2 Å². The van der Waals surface area contributed by atoms with Crippen LogP contribution in [0.2, 0.25) is 0 Å². The van der Waals surface area contributed by atoms with E-state index in [1.54, 1.807) is 6.08 Å². The Morgan fingerprint density at radius 1 is 1.38 bits per heavy atom. The molecule has 37 heavy (non-hydrogen) atoms. The molecule has 0 aromatic carbocycles. The Kier molecular flexibility index (Phi) is 10.3. The summed E-state index contributed by atoms with van der Waals surface area (Å²) in [5.74, 6) is 0.154. The Morgan fingerprint density at radius 3 is 2.73 bits per heavy atom. The number of fused-ring (bicyclic) bond motifs is 2. The molecule has 7 nitrogen and oxygen atoms in total. The molecule has 200 valence electrons. The second-order valence-electron chi connectivity index (χ2n) is 9.42. The van der Waals surface area contributed by atoms with Crippen LogP contribution in [0.4, 0.5) is 4.39 Å². The average molecular weight is 528 g/mol. The van der Waals surface area contributed by atoms with E-state index < -0.39 is 11.7 Å². The van der Waals surface area contributed by atoms with Crippen LogP contribution in [0.15, 0.2) is 89.5 Å². The highest BCUT2D eigenvalue weighted by atomic mass is 32.2. The summed E-state index contributed by atoms with van der Waals surface area (Å²) >= 11 is 1.24. The number of primary amides is 1. The number of nitrogens with zero attached hydrogens (tertiary/aromatic N) is 4. The summed E-state index contributed by atoms with van der Waals surface area (Å²) in [6.45, 7) is 16.3. The highest BCUT2D eigenvalue weighted by Crippen LogP contribution is 2.47. The minimum Gasteiger partial charge on any atom is -0.366 e. The number of nitrogens with two attached hydrogens (primary N) is 1. The van der Waals surface area contributed by atoms with Crippen LogP contribution in [0.1, 0.15) is 33.1 Å². The second kappa shape index (κ2) is 13.2. The maximum absolute atomic E-state index is 13.2. The monoisotopic (exact) mass is 527 g/mol. The first-order valence-corrected chi connectivity index (χ1v) is 13.3. The van der Waals surface area contributed by atoms with Gasteiger partial charge in [0.1, 0.15) is 5.83 Å². The molecule has 2 aliphatic carbocycles. The molecule has 4 unspecified atom stereocenters. The lowest BCUT2D eigenvalue weighted by molar-refractivity contribution is -0.114. The zero-order valence-corrected chi connectivity index (χ0v) is 22.5. The minimum atomic E-state index is -0.601. The fourth-order valence-corrected chi connectivity index (χ4v) is 6.22. The SMILES string of the molecule is C=C/C(CN(O)SN(CC)CC1CCC2=CC3C(C=NN3C(/C=C\C(=C)F)=C/C)CC21)=C(/C=C)C(N)=O. The molecule has 1 fully saturated rings. The molecule has 0 saturated heterocycles. The third kappa shape index (κ3) is 6.98. The summed E-state index contributed by atoms with van der Waals surface area (Å²) in [6, 6.07) is 0.145. The third-order valence-electron chi connectivity index (χ3n) is 7.23. The molecule has 1 saturated carbocycles. The van der Waals surface area contributed by atoms with E-state index in [1.165, 1.54) is 35.9 Å². The molecule has 3 N–H and O–H groups in total. The van der Waals surface area contributed by atoms with E-state index in [1.807, 2.05) is 24.2 Å². The van der Waals surface area contributed by atoms with Crippen molar-refractivity contribution >= 4 is 24.3 Å². The Balaban J connectivity index is 1.65. The van der Waals surface area contributed by atoms with Crippen LogP contribution in [-0.2, 0) is 4.79 Å². The molecular weight excluding hydrogens is 489 g/mol.